The van der Waals surface area contributed by atoms with Gasteiger partial charge in [-0.25, -0.2) is 0 Å². The van der Waals surface area contributed by atoms with E-state index in [0.29, 0.717) is 5.02 Å². The number of hydrogen-bond acceptors (Lipinski definition) is 2. The number of nitrogens with zero attached hydrogens (tertiary/aromatic N) is 1. The van der Waals surface area contributed by atoms with Gasteiger partial charge >= 0.3 is 0 Å². The Kier molecular flexibility index (Phi) is 3.46. The third-order valence-corrected chi connectivity index (χ3v) is 3.19. The lowest BCUT2D eigenvalue weighted by Gasteiger charge is -2.18. The van der Waals surface area contributed by atoms with Crippen molar-refractivity contribution in [3.63, 3.8) is 0 Å². The zero-order valence-electron chi connectivity index (χ0n) is 9.24. The highest BCUT2D eigenvalue weighted by Gasteiger charge is 2.27. The molecule has 0 aromatic heterocycles. The zero-order valence-corrected chi connectivity index (χ0v) is 10.00. The molecule has 1 aromatic rings. The van der Waals surface area contributed by atoms with Gasteiger partial charge in [-0.2, -0.15) is 0 Å². The van der Waals surface area contributed by atoms with Crippen LogP contribution in [-0.2, 0) is 4.79 Å². The first kappa shape index (κ1) is 11.4. The van der Waals surface area contributed by atoms with Gasteiger partial charge in [-0.15, -0.1) is 0 Å². The molecule has 3 nitrogen and oxygen atoms in total. The first-order valence-corrected chi connectivity index (χ1v) is 5.81. The average molecular weight is 239 g/mol. The molecule has 0 radical (unpaired) electrons. The third kappa shape index (κ3) is 2.54. The minimum absolute atomic E-state index is 0.00989. The van der Waals surface area contributed by atoms with Crippen LogP contribution in [-0.4, -0.2) is 30.4 Å². The van der Waals surface area contributed by atoms with Crippen molar-refractivity contribution < 1.29 is 4.79 Å². The summed E-state index contributed by atoms with van der Waals surface area (Å²) in [5.41, 5.74) is 0.801. The van der Waals surface area contributed by atoms with Crippen LogP contribution in [0.25, 0.3) is 0 Å². The zero-order chi connectivity index (χ0) is 11.5. The van der Waals surface area contributed by atoms with Crippen molar-refractivity contribution >= 4 is 23.2 Å². The SMILES string of the molecule is CN1CCCC1C(=O)Nc1ccc(Cl)cc1. The minimum atomic E-state index is 0.00989. The maximum Gasteiger partial charge on any atom is 0.241 e. The van der Waals surface area contributed by atoms with E-state index in [-0.39, 0.29) is 11.9 Å². The number of rotatable bonds is 2. The number of amides is 1. The largest absolute Gasteiger partial charge is 0.325 e. The van der Waals surface area contributed by atoms with Crippen molar-refractivity contribution in [2.45, 2.75) is 18.9 Å². The summed E-state index contributed by atoms with van der Waals surface area (Å²) in [4.78, 5) is 14.0. The Morgan fingerprint density at radius 3 is 2.69 bits per heavy atom. The first-order valence-electron chi connectivity index (χ1n) is 5.43. The molecule has 1 N–H and O–H groups in total. The summed E-state index contributed by atoms with van der Waals surface area (Å²) in [6.45, 7) is 0.999. The fraction of sp³-hybridized carbons (Fsp3) is 0.417. The summed E-state index contributed by atoms with van der Waals surface area (Å²) in [5, 5.41) is 3.58. The monoisotopic (exact) mass is 238 g/mol. The number of benzene rings is 1. The van der Waals surface area contributed by atoms with E-state index in [1.807, 2.05) is 19.2 Å². The lowest BCUT2D eigenvalue weighted by atomic mass is 10.2. The third-order valence-electron chi connectivity index (χ3n) is 2.93. The van der Waals surface area contributed by atoms with E-state index in [2.05, 4.69) is 10.2 Å². The van der Waals surface area contributed by atoms with E-state index in [9.17, 15) is 4.79 Å². The summed E-state index contributed by atoms with van der Waals surface area (Å²) >= 11 is 5.78. The van der Waals surface area contributed by atoms with Gasteiger partial charge in [0.25, 0.3) is 0 Å². The number of nitrogens with one attached hydrogen (secondary N) is 1. The molecule has 0 bridgehead atoms. The second-order valence-electron chi connectivity index (χ2n) is 4.13. The summed E-state index contributed by atoms with van der Waals surface area (Å²) in [7, 11) is 1.99. The minimum Gasteiger partial charge on any atom is -0.325 e. The van der Waals surface area contributed by atoms with E-state index in [1.165, 1.54) is 0 Å². The quantitative estimate of drug-likeness (QED) is 0.858. The highest BCUT2D eigenvalue weighted by atomic mass is 35.5. The molecule has 0 spiro atoms. The van der Waals surface area contributed by atoms with Crippen LogP contribution in [0.2, 0.25) is 5.02 Å². The molecule has 1 aromatic carbocycles. The predicted octanol–water partition coefficient (Wildman–Crippen LogP) is 2.37. The highest BCUT2D eigenvalue weighted by Crippen LogP contribution is 2.18. The van der Waals surface area contributed by atoms with Crippen molar-refractivity contribution in [3.05, 3.63) is 29.3 Å². The standard InChI is InChI=1S/C12H15ClN2O/c1-15-8-2-3-11(15)12(16)14-10-6-4-9(13)5-7-10/h4-7,11H,2-3,8H2,1H3,(H,14,16). The number of anilines is 1. The summed E-state index contributed by atoms with van der Waals surface area (Å²) in [6, 6.07) is 7.19. The van der Waals surface area contributed by atoms with E-state index >= 15 is 0 Å². The van der Waals surface area contributed by atoms with Crippen molar-refractivity contribution in [2.75, 3.05) is 18.9 Å². The molecule has 16 heavy (non-hydrogen) atoms. The molecule has 1 saturated heterocycles. The van der Waals surface area contributed by atoms with E-state index in [1.54, 1.807) is 12.1 Å². The van der Waals surface area contributed by atoms with Gasteiger partial charge < -0.3 is 5.32 Å². The Morgan fingerprint density at radius 1 is 1.44 bits per heavy atom. The number of carbonyl (C=O) groups excluding carboxylic acids is 1. The van der Waals surface area contributed by atoms with Gasteiger partial charge in [0.1, 0.15) is 0 Å². The Labute approximate surface area is 100 Å². The van der Waals surface area contributed by atoms with Crippen LogP contribution in [0.5, 0.6) is 0 Å². The van der Waals surface area contributed by atoms with Gasteiger partial charge in [0.15, 0.2) is 0 Å². The molecular weight excluding hydrogens is 224 g/mol. The number of likely N-dealkylation sites (tertiary alicyclic amines) is 1. The smallest absolute Gasteiger partial charge is 0.241 e. The first-order chi connectivity index (χ1) is 7.66. The van der Waals surface area contributed by atoms with Gasteiger partial charge in [-0.3, -0.25) is 9.69 Å². The molecule has 0 aliphatic carbocycles. The second kappa shape index (κ2) is 4.85. The van der Waals surface area contributed by atoms with Crippen LogP contribution in [0.4, 0.5) is 5.69 Å². The average Bonchev–Trinajstić information content (AvgIpc) is 2.68. The van der Waals surface area contributed by atoms with Crippen molar-refractivity contribution in [2.24, 2.45) is 0 Å². The molecule has 86 valence electrons. The highest BCUT2D eigenvalue weighted by molar-refractivity contribution is 6.30. The lowest BCUT2D eigenvalue weighted by Crippen LogP contribution is -2.37. The Bertz CT molecular complexity index is 377. The maximum absolute atomic E-state index is 11.9. The van der Waals surface area contributed by atoms with E-state index in [0.717, 1.165) is 25.1 Å². The normalized spacial score (nSPS) is 21.0. The second-order valence-corrected chi connectivity index (χ2v) is 4.57. The van der Waals surface area contributed by atoms with Crippen molar-refractivity contribution in [1.82, 2.24) is 4.90 Å². The van der Waals surface area contributed by atoms with Gasteiger partial charge in [-0.1, -0.05) is 11.6 Å². The number of hydrogen-bond donors (Lipinski definition) is 1. The van der Waals surface area contributed by atoms with Crippen LogP contribution in [0.15, 0.2) is 24.3 Å². The van der Waals surface area contributed by atoms with Crippen LogP contribution < -0.4 is 5.32 Å². The molecule has 1 aliphatic heterocycles. The molecule has 0 saturated carbocycles. The molecule has 1 atom stereocenters. The van der Waals surface area contributed by atoms with Crippen molar-refractivity contribution in [1.29, 1.82) is 0 Å². The summed E-state index contributed by atoms with van der Waals surface area (Å²) in [6.07, 6.45) is 2.03. The van der Waals surface area contributed by atoms with Gasteiger partial charge in [0.05, 0.1) is 6.04 Å². The fourth-order valence-electron chi connectivity index (χ4n) is 2.00. The predicted molar refractivity (Wildman–Crippen MR) is 65.7 cm³/mol. The van der Waals surface area contributed by atoms with Crippen molar-refractivity contribution in [3.8, 4) is 0 Å². The number of carbonyl (C=O) groups is 1. The lowest BCUT2D eigenvalue weighted by molar-refractivity contribution is -0.119. The molecule has 1 unspecified atom stereocenters. The Morgan fingerprint density at radius 2 is 2.12 bits per heavy atom. The summed E-state index contributed by atoms with van der Waals surface area (Å²) < 4.78 is 0. The van der Waals surface area contributed by atoms with E-state index < -0.39 is 0 Å². The topological polar surface area (TPSA) is 32.3 Å². The van der Waals surface area contributed by atoms with Crippen LogP contribution in [0, 0.1) is 0 Å². The van der Waals surface area contributed by atoms with Gasteiger partial charge in [0.2, 0.25) is 5.91 Å². The van der Waals surface area contributed by atoms with Crippen LogP contribution in [0.1, 0.15) is 12.8 Å². The summed E-state index contributed by atoms with van der Waals surface area (Å²) in [5.74, 6) is 0.0716. The number of halogens is 1. The fourth-order valence-corrected chi connectivity index (χ4v) is 2.13. The molecule has 2 rings (SSSR count). The maximum atomic E-state index is 11.9. The molecule has 1 fully saturated rings. The van der Waals surface area contributed by atoms with Crippen LogP contribution in [0.3, 0.4) is 0 Å². The van der Waals surface area contributed by atoms with Gasteiger partial charge in [0, 0.05) is 10.7 Å². The number of likely N-dealkylation sites (N-methyl/N-ethyl adjacent to an activating group) is 1. The molecule has 4 heteroatoms. The Hall–Kier alpha value is -1.06. The van der Waals surface area contributed by atoms with Gasteiger partial charge in [-0.05, 0) is 50.7 Å². The van der Waals surface area contributed by atoms with E-state index in [4.69, 9.17) is 11.6 Å². The molecule has 1 aliphatic rings. The molecule has 1 heterocycles. The Balaban J connectivity index is 1.99. The molecule has 1 amide bonds. The van der Waals surface area contributed by atoms with Crippen LogP contribution >= 0.6 is 11.6 Å². The molecular formula is C12H15ClN2O.